The van der Waals surface area contributed by atoms with E-state index in [9.17, 15) is 24.3 Å². The van der Waals surface area contributed by atoms with Gasteiger partial charge in [0.25, 0.3) is 5.56 Å². The molecule has 1 N–H and O–H groups in total. The third kappa shape index (κ3) is 5.28. The molecule has 2 aromatic carbocycles. The molecule has 188 valence electrons. The maximum atomic E-state index is 13.2. The fraction of sp³-hybridized carbons (Fsp3) is 0.280. The van der Waals surface area contributed by atoms with Crippen LogP contribution in [0, 0.1) is 0 Å². The summed E-state index contributed by atoms with van der Waals surface area (Å²) in [7, 11) is 1.28. The number of aromatic nitrogens is 2. The first-order valence-corrected chi connectivity index (χ1v) is 11.0. The third-order valence-electron chi connectivity index (χ3n) is 5.66. The zero-order valence-corrected chi connectivity index (χ0v) is 19.3. The zero-order valence-electron chi connectivity index (χ0n) is 19.3. The van der Waals surface area contributed by atoms with Gasteiger partial charge in [0, 0.05) is 19.4 Å². The van der Waals surface area contributed by atoms with Crippen LogP contribution in [0.4, 0.5) is 0 Å². The molecule has 0 spiro atoms. The highest BCUT2D eigenvalue weighted by atomic mass is 16.6. The number of carboxylic acids is 1. The van der Waals surface area contributed by atoms with Crippen LogP contribution in [0.25, 0.3) is 0 Å². The molecule has 3 aromatic rings. The van der Waals surface area contributed by atoms with Gasteiger partial charge in [0.1, 0.15) is 12.8 Å². The monoisotopic (exact) mass is 496 g/mol. The van der Waals surface area contributed by atoms with Crippen molar-refractivity contribution >= 4 is 11.9 Å². The van der Waals surface area contributed by atoms with E-state index in [1.165, 1.54) is 25.4 Å². The normalized spacial score (nSPS) is 21.2. The maximum absolute atomic E-state index is 13.2. The predicted molar refractivity (Wildman–Crippen MR) is 124 cm³/mol. The molecular weight excluding hydrogens is 472 g/mol. The summed E-state index contributed by atoms with van der Waals surface area (Å²) in [6, 6.07) is 18.3. The molecule has 1 aliphatic rings. The summed E-state index contributed by atoms with van der Waals surface area (Å²) in [6.45, 7) is -0.173. The molecule has 0 bridgehead atoms. The Morgan fingerprint density at radius 2 is 1.64 bits per heavy atom. The van der Waals surface area contributed by atoms with Crippen molar-refractivity contribution in [3.05, 3.63) is 105 Å². The van der Waals surface area contributed by atoms with E-state index < -0.39 is 47.7 Å². The molecule has 1 fully saturated rings. The fourth-order valence-corrected chi connectivity index (χ4v) is 3.88. The largest absolute Gasteiger partial charge is 0.479 e. The molecule has 0 amide bonds. The molecule has 0 aliphatic carbocycles. The molecule has 0 saturated carbocycles. The van der Waals surface area contributed by atoms with E-state index >= 15 is 0 Å². The van der Waals surface area contributed by atoms with Crippen molar-refractivity contribution in [2.45, 2.75) is 37.9 Å². The van der Waals surface area contributed by atoms with E-state index in [0.717, 1.165) is 20.8 Å². The van der Waals surface area contributed by atoms with Gasteiger partial charge in [-0.15, -0.1) is 0 Å². The summed E-state index contributed by atoms with van der Waals surface area (Å²) in [5.74, 6) is -2.18. The van der Waals surface area contributed by atoms with Crippen LogP contribution in [0.1, 0.15) is 22.1 Å². The Morgan fingerprint density at radius 1 is 0.972 bits per heavy atom. The quantitative estimate of drug-likeness (QED) is 0.436. The van der Waals surface area contributed by atoms with Gasteiger partial charge in [-0.2, -0.15) is 0 Å². The van der Waals surface area contributed by atoms with Crippen LogP contribution in [0.3, 0.4) is 0 Å². The highest BCUT2D eigenvalue weighted by Crippen LogP contribution is 2.33. The van der Waals surface area contributed by atoms with Gasteiger partial charge in [0.15, 0.2) is 18.4 Å². The number of benzene rings is 2. The lowest BCUT2D eigenvalue weighted by Crippen LogP contribution is -2.44. The first-order chi connectivity index (χ1) is 17.4. The van der Waals surface area contributed by atoms with Crippen LogP contribution in [-0.2, 0) is 37.1 Å². The van der Waals surface area contributed by atoms with Crippen molar-refractivity contribution in [1.29, 1.82) is 0 Å². The molecule has 11 heteroatoms. The minimum absolute atomic E-state index is 0.167. The topological polar surface area (TPSA) is 135 Å². The molecule has 4 rings (SSSR count). The molecule has 1 unspecified atom stereocenters. The van der Waals surface area contributed by atoms with Gasteiger partial charge in [-0.1, -0.05) is 48.5 Å². The van der Waals surface area contributed by atoms with Crippen LogP contribution in [-0.4, -0.2) is 51.6 Å². The number of esters is 1. The highest BCUT2D eigenvalue weighted by molar-refractivity contribution is 5.89. The molecule has 1 aliphatic heterocycles. The molecular formula is C25H24N2O9. The first kappa shape index (κ1) is 25.0. The average molecular weight is 496 g/mol. The number of hydrogen-bond donors (Lipinski definition) is 1. The van der Waals surface area contributed by atoms with Gasteiger partial charge in [0.05, 0.1) is 12.2 Å². The Morgan fingerprint density at radius 3 is 2.28 bits per heavy atom. The van der Waals surface area contributed by atoms with Gasteiger partial charge in [-0.05, 0) is 17.7 Å². The van der Waals surface area contributed by atoms with Crippen molar-refractivity contribution in [2.24, 2.45) is 0 Å². The van der Waals surface area contributed by atoms with E-state index in [0.29, 0.717) is 0 Å². The minimum Gasteiger partial charge on any atom is -0.479 e. The molecule has 1 aromatic heterocycles. The van der Waals surface area contributed by atoms with Gasteiger partial charge in [-0.25, -0.2) is 19.0 Å². The van der Waals surface area contributed by atoms with Crippen molar-refractivity contribution < 1.29 is 33.6 Å². The smallest absolute Gasteiger partial charge is 0.338 e. The molecule has 2 heterocycles. The summed E-state index contributed by atoms with van der Waals surface area (Å²) in [6.07, 6.45) is -4.26. The Bertz CT molecular complexity index is 1320. The van der Waals surface area contributed by atoms with E-state index in [-0.39, 0.29) is 18.9 Å². The van der Waals surface area contributed by atoms with Crippen LogP contribution in [0.5, 0.6) is 0 Å². The van der Waals surface area contributed by atoms with Crippen LogP contribution in [0.2, 0.25) is 0 Å². The van der Waals surface area contributed by atoms with E-state index in [1.54, 1.807) is 18.2 Å². The molecule has 4 atom stereocenters. The third-order valence-corrected chi connectivity index (χ3v) is 5.66. The number of carbonyl (C=O) groups is 2. The zero-order chi connectivity index (χ0) is 25.7. The van der Waals surface area contributed by atoms with Gasteiger partial charge >= 0.3 is 17.6 Å². The van der Waals surface area contributed by atoms with Gasteiger partial charge in [-0.3, -0.25) is 9.36 Å². The number of methoxy groups -OCH3 is 1. The van der Waals surface area contributed by atoms with Crippen LogP contribution >= 0.6 is 0 Å². The van der Waals surface area contributed by atoms with Crippen molar-refractivity contribution in [2.75, 3.05) is 7.11 Å². The van der Waals surface area contributed by atoms with Crippen molar-refractivity contribution in [3.63, 3.8) is 0 Å². The number of aliphatic carboxylic acids is 1. The standard InChI is InChI=1S/C25H24N2O9/c1-33-20-19(36-24(31)17-10-6-3-7-11-17)21(23(29)30)35-22(20)26-13-12-18(28)27(25(26)32)15-34-14-16-8-4-2-5-9-16/h2-13,19-22H,14-15H2,1H3,(H,29,30)/t19-,20?,21+,22-/m1/s1. The SMILES string of the molecule is COC1[C@@H](OC(=O)c2ccccc2)[C@@H](C(=O)O)O[C@H]1n1ccc(=O)n(COCc2ccccc2)c1=O. The van der Waals surface area contributed by atoms with E-state index in [4.69, 9.17) is 18.9 Å². The lowest BCUT2D eigenvalue weighted by atomic mass is 10.1. The average Bonchev–Trinajstić information content (AvgIpc) is 3.25. The second-order valence-electron chi connectivity index (χ2n) is 7.96. The molecule has 36 heavy (non-hydrogen) atoms. The number of carboxylic acid groups (broad SMARTS) is 1. The summed E-state index contributed by atoms with van der Waals surface area (Å²) >= 11 is 0. The van der Waals surface area contributed by atoms with Crippen molar-refractivity contribution in [3.8, 4) is 0 Å². The Hall–Kier alpha value is -4.06. The second-order valence-corrected chi connectivity index (χ2v) is 7.96. The summed E-state index contributed by atoms with van der Waals surface area (Å²) < 4.78 is 23.9. The van der Waals surface area contributed by atoms with Crippen LogP contribution in [0.15, 0.2) is 82.5 Å². The molecule has 1 saturated heterocycles. The van der Waals surface area contributed by atoms with E-state index in [1.807, 2.05) is 30.3 Å². The predicted octanol–water partition coefficient (Wildman–Crippen LogP) is 1.41. The first-order valence-electron chi connectivity index (χ1n) is 11.0. The minimum atomic E-state index is -1.62. The summed E-state index contributed by atoms with van der Waals surface area (Å²) in [5, 5.41) is 9.70. The highest BCUT2D eigenvalue weighted by Gasteiger charge is 2.52. The maximum Gasteiger partial charge on any atom is 0.338 e. The number of rotatable bonds is 9. The Balaban J connectivity index is 1.58. The van der Waals surface area contributed by atoms with E-state index in [2.05, 4.69) is 0 Å². The number of ether oxygens (including phenoxy) is 4. The lowest BCUT2D eigenvalue weighted by Gasteiger charge is -2.23. The van der Waals surface area contributed by atoms with Crippen molar-refractivity contribution in [1.82, 2.24) is 9.13 Å². The molecule has 11 nitrogen and oxygen atoms in total. The van der Waals surface area contributed by atoms with Gasteiger partial charge < -0.3 is 24.1 Å². The summed E-state index contributed by atoms with van der Waals surface area (Å²) in [5.41, 5.74) is -0.353. The number of hydrogen-bond acceptors (Lipinski definition) is 8. The van der Waals surface area contributed by atoms with Crippen LogP contribution < -0.4 is 11.2 Å². The molecule has 0 radical (unpaired) electrons. The Kier molecular flexibility index (Phi) is 7.74. The summed E-state index contributed by atoms with van der Waals surface area (Å²) in [4.78, 5) is 50.1. The lowest BCUT2D eigenvalue weighted by molar-refractivity contribution is -0.155. The second kappa shape index (κ2) is 11.1. The Labute approximate surface area is 205 Å². The fourth-order valence-electron chi connectivity index (χ4n) is 3.88. The number of carbonyl (C=O) groups excluding carboxylic acids is 1. The number of nitrogens with zero attached hydrogens (tertiary/aromatic N) is 2. The van der Waals surface area contributed by atoms with Gasteiger partial charge in [0.2, 0.25) is 0 Å².